The Morgan fingerprint density at radius 1 is 1.20 bits per heavy atom. The van der Waals surface area contributed by atoms with Gasteiger partial charge < -0.3 is 4.42 Å². The summed E-state index contributed by atoms with van der Waals surface area (Å²) in [5, 5.41) is 0. The van der Waals surface area contributed by atoms with E-state index in [2.05, 4.69) is 0 Å². The van der Waals surface area contributed by atoms with Gasteiger partial charge in [-0.3, -0.25) is 4.79 Å². The molecule has 0 saturated carbocycles. The third-order valence-corrected chi connectivity index (χ3v) is 2.78. The molecule has 0 bridgehead atoms. The van der Waals surface area contributed by atoms with E-state index >= 15 is 0 Å². The monoisotopic (exact) mass is 286 g/mol. The van der Waals surface area contributed by atoms with Crippen molar-refractivity contribution in [2.75, 3.05) is 0 Å². The summed E-state index contributed by atoms with van der Waals surface area (Å²) in [4.78, 5) is 11.8. The summed E-state index contributed by atoms with van der Waals surface area (Å²) in [6.07, 6.45) is -2.95. The number of carbonyl (C=O) groups is 1. The Labute approximate surface area is 112 Å². The Bertz CT molecular complexity index is 600. The second-order valence-corrected chi connectivity index (χ2v) is 4.19. The molecule has 0 fully saturated rings. The first-order valence-corrected chi connectivity index (χ1v) is 5.80. The lowest BCUT2D eigenvalue weighted by Gasteiger charge is -2.08. The summed E-state index contributed by atoms with van der Waals surface area (Å²) in [5.41, 5.74) is -1.46. The first kappa shape index (κ1) is 14.3. The van der Waals surface area contributed by atoms with E-state index in [-0.39, 0.29) is 12.0 Å². The van der Waals surface area contributed by atoms with E-state index < -0.39 is 23.3 Å². The molecule has 0 N–H and O–H groups in total. The van der Waals surface area contributed by atoms with Gasteiger partial charge in [-0.1, -0.05) is 6.07 Å². The standard InChI is InChI=1S/C14H10F4O2/c15-12-8-9(3-5-11(12)14(16,17)18)13(19)6-4-10-2-1-7-20-10/h1-3,5,7-8H,4,6H2. The second kappa shape index (κ2) is 5.48. The van der Waals surface area contributed by atoms with Crippen molar-refractivity contribution < 1.29 is 26.8 Å². The van der Waals surface area contributed by atoms with Crippen molar-refractivity contribution in [3.63, 3.8) is 0 Å². The average Bonchev–Trinajstić information content (AvgIpc) is 2.87. The van der Waals surface area contributed by atoms with Crippen LogP contribution in [0.1, 0.15) is 28.1 Å². The van der Waals surface area contributed by atoms with E-state index in [1.165, 1.54) is 6.26 Å². The van der Waals surface area contributed by atoms with Crippen LogP contribution in [0.2, 0.25) is 0 Å². The van der Waals surface area contributed by atoms with Gasteiger partial charge in [-0.15, -0.1) is 0 Å². The molecule has 0 amide bonds. The van der Waals surface area contributed by atoms with Gasteiger partial charge in [0, 0.05) is 18.4 Å². The van der Waals surface area contributed by atoms with Crippen LogP contribution < -0.4 is 0 Å². The molecule has 20 heavy (non-hydrogen) atoms. The summed E-state index contributed by atoms with van der Waals surface area (Å²) >= 11 is 0. The Morgan fingerprint density at radius 2 is 1.95 bits per heavy atom. The highest BCUT2D eigenvalue weighted by atomic mass is 19.4. The number of alkyl halides is 3. The van der Waals surface area contributed by atoms with E-state index in [1.807, 2.05) is 0 Å². The molecule has 1 aromatic carbocycles. The van der Waals surface area contributed by atoms with E-state index in [0.717, 1.165) is 6.07 Å². The largest absolute Gasteiger partial charge is 0.469 e. The van der Waals surface area contributed by atoms with Crippen LogP contribution in [-0.4, -0.2) is 5.78 Å². The molecule has 0 spiro atoms. The number of carbonyl (C=O) groups excluding carboxylic acids is 1. The van der Waals surface area contributed by atoms with Gasteiger partial charge in [-0.05, 0) is 24.3 Å². The molecule has 1 aromatic heterocycles. The lowest BCUT2D eigenvalue weighted by atomic mass is 10.0. The maximum Gasteiger partial charge on any atom is 0.419 e. The van der Waals surface area contributed by atoms with Gasteiger partial charge in [-0.2, -0.15) is 13.2 Å². The number of halogens is 4. The molecule has 2 aromatic rings. The number of Topliss-reactive ketones (excluding diaryl/α,β-unsaturated/α-hetero) is 1. The van der Waals surface area contributed by atoms with Crippen molar-refractivity contribution in [2.45, 2.75) is 19.0 Å². The Balaban J connectivity index is 2.09. The van der Waals surface area contributed by atoms with Gasteiger partial charge in [0.1, 0.15) is 11.6 Å². The van der Waals surface area contributed by atoms with Crippen LogP contribution in [-0.2, 0) is 12.6 Å². The highest BCUT2D eigenvalue weighted by Crippen LogP contribution is 2.31. The molecule has 0 saturated heterocycles. The molecule has 0 atom stereocenters. The maximum atomic E-state index is 13.3. The number of hydrogen-bond acceptors (Lipinski definition) is 2. The zero-order chi connectivity index (χ0) is 14.8. The summed E-state index contributed by atoms with van der Waals surface area (Å²) in [5.74, 6) is -1.29. The third kappa shape index (κ3) is 3.26. The summed E-state index contributed by atoms with van der Waals surface area (Å²) in [7, 11) is 0. The Morgan fingerprint density at radius 3 is 2.50 bits per heavy atom. The lowest BCUT2D eigenvalue weighted by molar-refractivity contribution is -0.140. The summed E-state index contributed by atoms with van der Waals surface area (Å²) in [6, 6.07) is 5.53. The minimum Gasteiger partial charge on any atom is -0.469 e. The number of rotatable bonds is 4. The van der Waals surface area contributed by atoms with Crippen LogP contribution in [0, 0.1) is 5.82 Å². The minimum absolute atomic E-state index is 0.0400. The van der Waals surface area contributed by atoms with E-state index in [4.69, 9.17) is 4.42 Å². The maximum absolute atomic E-state index is 13.3. The molecule has 6 heteroatoms. The predicted octanol–water partition coefficient (Wildman–Crippen LogP) is 4.25. The van der Waals surface area contributed by atoms with Crippen LogP contribution in [0.25, 0.3) is 0 Å². The Kier molecular flexibility index (Phi) is 3.92. The van der Waals surface area contributed by atoms with Crippen molar-refractivity contribution >= 4 is 5.78 Å². The molecule has 0 aliphatic heterocycles. The number of hydrogen-bond donors (Lipinski definition) is 0. The quantitative estimate of drug-likeness (QED) is 0.621. The number of ketones is 1. The van der Waals surface area contributed by atoms with E-state index in [9.17, 15) is 22.4 Å². The topological polar surface area (TPSA) is 30.2 Å². The first-order valence-electron chi connectivity index (χ1n) is 5.80. The fourth-order valence-electron chi connectivity index (χ4n) is 1.75. The minimum atomic E-state index is -4.76. The number of benzene rings is 1. The molecule has 0 unspecified atom stereocenters. The number of furan rings is 1. The number of aryl methyl sites for hydroxylation is 1. The Hall–Kier alpha value is -2.11. The fraction of sp³-hybridized carbons (Fsp3) is 0.214. The molecular formula is C14H10F4O2. The van der Waals surface area contributed by atoms with Crippen LogP contribution in [0.5, 0.6) is 0 Å². The molecule has 106 valence electrons. The molecule has 0 aliphatic carbocycles. The molecule has 0 radical (unpaired) electrons. The predicted molar refractivity (Wildman–Crippen MR) is 62.8 cm³/mol. The van der Waals surface area contributed by atoms with E-state index in [0.29, 0.717) is 24.3 Å². The first-order chi connectivity index (χ1) is 9.38. The SMILES string of the molecule is O=C(CCc1ccco1)c1ccc(C(F)(F)F)c(F)c1. The summed E-state index contributed by atoms with van der Waals surface area (Å²) < 4.78 is 55.5. The third-order valence-electron chi connectivity index (χ3n) is 2.78. The smallest absolute Gasteiger partial charge is 0.419 e. The van der Waals surface area contributed by atoms with Gasteiger partial charge in [0.15, 0.2) is 5.78 Å². The van der Waals surface area contributed by atoms with E-state index in [1.54, 1.807) is 12.1 Å². The zero-order valence-corrected chi connectivity index (χ0v) is 10.2. The van der Waals surface area contributed by atoms with Crippen molar-refractivity contribution in [2.24, 2.45) is 0 Å². The van der Waals surface area contributed by atoms with Gasteiger partial charge in [-0.25, -0.2) is 4.39 Å². The molecular weight excluding hydrogens is 276 g/mol. The van der Waals surface area contributed by atoms with Crippen molar-refractivity contribution in [3.05, 3.63) is 59.3 Å². The zero-order valence-electron chi connectivity index (χ0n) is 10.2. The molecule has 0 aliphatic rings. The van der Waals surface area contributed by atoms with Crippen LogP contribution in [0.15, 0.2) is 41.0 Å². The van der Waals surface area contributed by atoms with Crippen LogP contribution in [0.3, 0.4) is 0 Å². The van der Waals surface area contributed by atoms with Gasteiger partial charge in [0.2, 0.25) is 0 Å². The molecule has 1 heterocycles. The van der Waals surface area contributed by atoms with Gasteiger partial charge >= 0.3 is 6.18 Å². The van der Waals surface area contributed by atoms with Crippen molar-refractivity contribution in [3.8, 4) is 0 Å². The highest BCUT2D eigenvalue weighted by molar-refractivity contribution is 5.96. The average molecular weight is 286 g/mol. The highest BCUT2D eigenvalue weighted by Gasteiger charge is 2.34. The van der Waals surface area contributed by atoms with Crippen molar-refractivity contribution in [1.82, 2.24) is 0 Å². The fourth-order valence-corrected chi connectivity index (χ4v) is 1.75. The normalized spacial score (nSPS) is 11.6. The van der Waals surface area contributed by atoms with Crippen LogP contribution in [0.4, 0.5) is 17.6 Å². The lowest BCUT2D eigenvalue weighted by Crippen LogP contribution is -2.10. The second-order valence-electron chi connectivity index (χ2n) is 4.19. The van der Waals surface area contributed by atoms with Crippen molar-refractivity contribution in [1.29, 1.82) is 0 Å². The van der Waals surface area contributed by atoms with Gasteiger partial charge in [0.25, 0.3) is 0 Å². The molecule has 2 nitrogen and oxygen atoms in total. The summed E-state index contributed by atoms with van der Waals surface area (Å²) in [6.45, 7) is 0. The molecule has 2 rings (SSSR count). The van der Waals surface area contributed by atoms with Gasteiger partial charge in [0.05, 0.1) is 11.8 Å². The van der Waals surface area contributed by atoms with Crippen LogP contribution >= 0.6 is 0 Å².